The number of nitrogens with zero attached hydrogens (tertiary/aromatic N) is 1. The van der Waals surface area contributed by atoms with Crippen LogP contribution in [0.3, 0.4) is 0 Å². The predicted molar refractivity (Wildman–Crippen MR) is 134 cm³/mol. The lowest BCUT2D eigenvalue weighted by molar-refractivity contribution is -0.140. The fraction of sp³-hybridized carbons (Fsp3) is 0.259. The Bertz CT molecular complexity index is 1230. The minimum absolute atomic E-state index is 0.00517. The van der Waals surface area contributed by atoms with Gasteiger partial charge in [0.1, 0.15) is 11.5 Å². The summed E-state index contributed by atoms with van der Waals surface area (Å²) in [5, 5.41) is 11.2. The van der Waals surface area contributed by atoms with Gasteiger partial charge in [-0.25, -0.2) is 0 Å². The molecule has 1 saturated heterocycles. The molecule has 1 fully saturated rings. The first-order valence-electron chi connectivity index (χ1n) is 11.3. The Kier molecular flexibility index (Phi) is 7.60. The monoisotopic (exact) mass is 539 g/mol. The highest BCUT2D eigenvalue weighted by Gasteiger charge is 2.46. The van der Waals surface area contributed by atoms with Gasteiger partial charge in [-0.1, -0.05) is 47.5 Å². The summed E-state index contributed by atoms with van der Waals surface area (Å²) < 4.78 is 17.7. The molecule has 1 amide bonds. The number of aliphatic hydroxyl groups is 1. The zero-order valence-electron chi connectivity index (χ0n) is 19.5. The third-order valence-corrected chi connectivity index (χ3v) is 6.35. The van der Waals surface area contributed by atoms with E-state index >= 15 is 0 Å². The van der Waals surface area contributed by atoms with E-state index in [1.54, 1.807) is 54.6 Å². The molecule has 0 bridgehead atoms. The molecular weight excluding hydrogens is 514 g/mol. The number of methoxy groups -OCH3 is 1. The number of benzene rings is 2. The Morgan fingerprint density at radius 2 is 1.89 bits per heavy atom. The highest BCUT2D eigenvalue weighted by Crippen LogP contribution is 2.42. The molecule has 182 valence electrons. The summed E-state index contributed by atoms with van der Waals surface area (Å²) in [6.07, 6.45) is 3.41. The van der Waals surface area contributed by atoms with E-state index < -0.39 is 17.7 Å². The van der Waals surface area contributed by atoms with Gasteiger partial charge in [0.05, 0.1) is 38.1 Å². The zero-order valence-corrected chi connectivity index (χ0v) is 21.1. The molecule has 35 heavy (non-hydrogen) atoms. The molecule has 0 aliphatic carbocycles. The minimum Gasteiger partial charge on any atom is -0.507 e. The van der Waals surface area contributed by atoms with Crippen molar-refractivity contribution in [2.24, 2.45) is 0 Å². The van der Waals surface area contributed by atoms with Gasteiger partial charge in [-0.3, -0.25) is 9.59 Å². The second kappa shape index (κ2) is 10.8. The van der Waals surface area contributed by atoms with Gasteiger partial charge in [0.25, 0.3) is 11.7 Å². The van der Waals surface area contributed by atoms with E-state index in [-0.39, 0.29) is 17.9 Å². The molecule has 7 nitrogen and oxygen atoms in total. The number of hydrogen-bond acceptors (Lipinski definition) is 6. The molecule has 2 aromatic carbocycles. The number of carbonyl (C=O) groups excluding carboxylic acids is 2. The molecule has 1 aliphatic heterocycles. The number of amides is 1. The largest absolute Gasteiger partial charge is 0.507 e. The summed E-state index contributed by atoms with van der Waals surface area (Å²) in [7, 11) is 1.54. The number of aliphatic hydroxyl groups excluding tert-OH is 1. The summed E-state index contributed by atoms with van der Waals surface area (Å²) in [6, 6.07) is 14.8. The lowest BCUT2D eigenvalue weighted by atomic mass is 9.95. The summed E-state index contributed by atoms with van der Waals surface area (Å²) >= 11 is 3.37. The van der Waals surface area contributed by atoms with Crippen molar-refractivity contribution in [3.8, 4) is 11.5 Å². The smallest absolute Gasteiger partial charge is 0.296 e. The van der Waals surface area contributed by atoms with Gasteiger partial charge in [0.2, 0.25) is 0 Å². The van der Waals surface area contributed by atoms with E-state index in [0.717, 1.165) is 17.3 Å². The summed E-state index contributed by atoms with van der Waals surface area (Å²) in [5.41, 5.74) is 1.04. The van der Waals surface area contributed by atoms with Crippen molar-refractivity contribution in [2.45, 2.75) is 32.4 Å². The summed E-state index contributed by atoms with van der Waals surface area (Å²) in [6.45, 7) is 2.69. The van der Waals surface area contributed by atoms with Crippen LogP contribution >= 0.6 is 15.9 Å². The molecule has 1 atom stereocenters. The number of ketones is 1. The lowest BCUT2D eigenvalue weighted by Gasteiger charge is -2.25. The van der Waals surface area contributed by atoms with Crippen LogP contribution in [-0.2, 0) is 16.1 Å². The van der Waals surface area contributed by atoms with Crippen LogP contribution in [0, 0.1) is 0 Å². The molecule has 1 aromatic heterocycles. The zero-order chi connectivity index (χ0) is 24.9. The number of carbonyl (C=O) groups is 2. The average Bonchev–Trinajstić information content (AvgIpc) is 3.47. The molecule has 8 heteroatoms. The molecule has 4 rings (SSSR count). The van der Waals surface area contributed by atoms with Crippen molar-refractivity contribution in [2.75, 3.05) is 13.7 Å². The Morgan fingerprint density at radius 3 is 2.54 bits per heavy atom. The first-order valence-corrected chi connectivity index (χ1v) is 12.1. The van der Waals surface area contributed by atoms with Gasteiger partial charge in [-0.2, -0.15) is 0 Å². The number of ether oxygens (including phenoxy) is 2. The number of halogens is 1. The first-order chi connectivity index (χ1) is 16.9. The maximum absolute atomic E-state index is 13.2. The molecule has 0 unspecified atom stereocenters. The molecule has 1 aliphatic rings. The van der Waals surface area contributed by atoms with E-state index in [0.29, 0.717) is 35.0 Å². The molecule has 3 aromatic rings. The fourth-order valence-corrected chi connectivity index (χ4v) is 4.29. The van der Waals surface area contributed by atoms with Crippen molar-refractivity contribution in [3.05, 3.63) is 87.8 Å². The van der Waals surface area contributed by atoms with Gasteiger partial charge in [0, 0.05) is 10.0 Å². The van der Waals surface area contributed by atoms with Crippen molar-refractivity contribution < 1.29 is 28.6 Å². The van der Waals surface area contributed by atoms with Gasteiger partial charge in [-0.15, -0.1) is 0 Å². The molecular formula is C27H26BrNO6. The molecule has 0 radical (unpaired) electrons. The van der Waals surface area contributed by atoms with Crippen LogP contribution < -0.4 is 9.47 Å². The second-order valence-electron chi connectivity index (χ2n) is 8.13. The SMILES string of the molecule is CCCCOc1ccc([C@@H]2C(=C(O)c3ccc(Br)cc3)C(=O)C(=O)N2Cc2ccco2)cc1OC. The van der Waals surface area contributed by atoms with Gasteiger partial charge in [-0.05, 0) is 48.4 Å². The van der Waals surface area contributed by atoms with Crippen LogP contribution in [0.4, 0.5) is 0 Å². The van der Waals surface area contributed by atoms with Crippen molar-refractivity contribution in [1.82, 2.24) is 4.90 Å². The second-order valence-corrected chi connectivity index (χ2v) is 9.04. The number of rotatable bonds is 9. The predicted octanol–water partition coefficient (Wildman–Crippen LogP) is 5.85. The Hall–Kier alpha value is -3.52. The maximum atomic E-state index is 13.2. The standard InChI is InChI=1S/C27H26BrNO6/c1-3-4-13-35-21-12-9-18(15-22(21)33-2)24-23(25(30)17-7-10-19(28)11-8-17)26(31)27(32)29(24)16-20-6-5-14-34-20/h5-12,14-15,24,30H,3-4,13,16H2,1-2H3/t24-/m1/s1. The average molecular weight is 540 g/mol. The lowest BCUT2D eigenvalue weighted by Crippen LogP contribution is -2.29. The fourth-order valence-electron chi connectivity index (χ4n) is 4.02. The van der Waals surface area contributed by atoms with Crippen molar-refractivity contribution >= 4 is 33.4 Å². The van der Waals surface area contributed by atoms with Crippen LogP contribution in [0.2, 0.25) is 0 Å². The van der Waals surface area contributed by atoms with Crippen LogP contribution in [0.1, 0.15) is 42.7 Å². The van der Waals surface area contributed by atoms with Gasteiger partial charge < -0.3 is 23.9 Å². The maximum Gasteiger partial charge on any atom is 0.296 e. The topological polar surface area (TPSA) is 89.2 Å². The Balaban J connectivity index is 1.82. The highest BCUT2D eigenvalue weighted by atomic mass is 79.9. The number of likely N-dealkylation sites (tertiary alicyclic amines) is 1. The van der Waals surface area contributed by atoms with Crippen LogP contribution in [0.5, 0.6) is 11.5 Å². The molecule has 2 heterocycles. The molecule has 1 N–H and O–H groups in total. The highest BCUT2D eigenvalue weighted by molar-refractivity contribution is 9.10. The van der Waals surface area contributed by atoms with E-state index in [9.17, 15) is 14.7 Å². The molecule has 0 spiro atoms. The third-order valence-electron chi connectivity index (χ3n) is 5.82. The normalized spacial score (nSPS) is 17.1. The number of hydrogen-bond donors (Lipinski definition) is 1. The van der Waals surface area contributed by atoms with Gasteiger partial charge in [0.15, 0.2) is 11.5 Å². The first kappa shape index (κ1) is 24.6. The van der Waals surface area contributed by atoms with Crippen LogP contribution in [0.15, 0.2) is 75.3 Å². The van der Waals surface area contributed by atoms with E-state index in [2.05, 4.69) is 22.9 Å². The van der Waals surface area contributed by atoms with Crippen LogP contribution in [0.25, 0.3) is 5.76 Å². The van der Waals surface area contributed by atoms with Crippen molar-refractivity contribution in [3.63, 3.8) is 0 Å². The van der Waals surface area contributed by atoms with E-state index in [1.165, 1.54) is 18.3 Å². The summed E-state index contributed by atoms with van der Waals surface area (Å²) in [5.74, 6) is -0.153. The van der Waals surface area contributed by atoms with E-state index in [4.69, 9.17) is 13.9 Å². The molecule has 0 saturated carbocycles. The van der Waals surface area contributed by atoms with E-state index in [1.807, 2.05) is 0 Å². The number of furan rings is 1. The third kappa shape index (κ3) is 5.12. The number of unbranched alkanes of at least 4 members (excludes halogenated alkanes) is 1. The van der Waals surface area contributed by atoms with Crippen molar-refractivity contribution in [1.29, 1.82) is 0 Å². The quantitative estimate of drug-likeness (QED) is 0.159. The minimum atomic E-state index is -0.845. The summed E-state index contributed by atoms with van der Waals surface area (Å²) in [4.78, 5) is 27.7. The van der Waals surface area contributed by atoms with Crippen LogP contribution in [-0.4, -0.2) is 35.4 Å². The van der Waals surface area contributed by atoms with Gasteiger partial charge >= 0.3 is 0 Å². The number of Topliss-reactive ketones (excluding diaryl/α,β-unsaturated/α-hetero) is 1. The Labute approximate surface area is 212 Å². The Morgan fingerprint density at radius 1 is 1.11 bits per heavy atom.